The van der Waals surface area contributed by atoms with Crippen LogP contribution in [-0.4, -0.2) is 30.2 Å². The van der Waals surface area contributed by atoms with Crippen LogP contribution >= 0.6 is 23.2 Å². The molecule has 30 heavy (non-hydrogen) atoms. The van der Waals surface area contributed by atoms with Gasteiger partial charge in [-0.2, -0.15) is 0 Å². The Morgan fingerprint density at radius 1 is 1.00 bits per heavy atom. The number of carbonyl (C=O) groups excluding carboxylic acids is 1. The largest absolute Gasteiger partial charge is 0.491 e. The number of amides is 1. The quantitative estimate of drug-likeness (QED) is 0.518. The normalized spacial score (nSPS) is 18.8. The monoisotopic (exact) mass is 443 g/mol. The maximum atomic E-state index is 13.0. The fourth-order valence-electron chi connectivity index (χ4n) is 3.06. The van der Waals surface area contributed by atoms with Gasteiger partial charge in [-0.3, -0.25) is 4.79 Å². The number of benzene rings is 3. The van der Waals surface area contributed by atoms with Crippen LogP contribution in [0.3, 0.4) is 0 Å². The van der Waals surface area contributed by atoms with Gasteiger partial charge in [0.1, 0.15) is 18.5 Å². The second-order valence-electron chi connectivity index (χ2n) is 6.72. The number of hydrogen-bond donors (Lipinski definition) is 0. The highest BCUT2D eigenvalue weighted by Crippen LogP contribution is 2.34. The molecule has 3 aromatic carbocycles. The van der Waals surface area contributed by atoms with Crippen LogP contribution in [0.25, 0.3) is 0 Å². The van der Waals surface area contributed by atoms with Gasteiger partial charge in [0.05, 0.1) is 11.6 Å². The topological polar surface area (TPSA) is 48.0 Å². The van der Waals surface area contributed by atoms with Crippen LogP contribution in [0, 0.1) is 0 Å². The molecule has 0 spiro atoms. The van der Waals surface area contributed by atoms with E-state index in [4.69, 9.17) is 37.5 Å². The van der Waals surface area contributed by atoms with Crippen molar-refractivity contribution in [3.05, 3.63) is 100 Å². The smallest absolute Gasteiger partial charge is 0.277 e. The summed E-state index contributed by atoms with van der Waals surface area (Å²) in [5, 5.41) is 2.19. The van der Waals surface area contributed by atoms with Crippen molar-refractivity contribution in [2.75, 3.05) is 13.2 Å². The minimum absolute atomic E-state index is 0.211. The summed E-state index contributed by atoms with van der Waals surface area (Å²) in [4.78, 5) is 18.9. The minimum atomic E-state index is -0.874. The van der Waals surface area contributed by atoms with Gasteiger partial charge in [0.15, 0.2) is 0 Å². The molecule has 0 N–H and O–H groups in total. The lowest BCUT2D eigenvalue weighted by Crippen LogP contribution is -2.47. The Bertz CT molecular complexity index is 1000. The SMILES string of the molecule is O=C(c1ccccc1)N1C[C@H](COc2ccccc2)O[C@@H](c2ccc(Cl)cc2Cl)O1. The van der Waals surface area contributed by atoms with Crippen LogP contribution in [0.5, 0.6) is 5.75 Å². The average molecular weight is 444 g/mol. The number of ether oxygens (including phenoxy) is 2. The maximum absolute atomic E-state index is 13.0. The predicted molar refractivity (Wildman–Crippen MR) is 115 cm³/mol. The number of carbonyl (C=O) groups is 1. The molecule has 154 valence electrons. The highest BCUT2D eigenvalue weighted by molar-refractivity contribution is 6.35. The fraction of sp³-hybridized carbons (Fsp3) is 0.174. The van der Waals surface area contributed by atoms with E-state index >= 15 is 0 Å². The number of nitrogens with zero attached hydrogens (tertiary/aromatic N) is 1. The van der Waals surface area contributed by atoms with E-state index in [9.17, 15) is 4.79 Å². The Morgan fingerprint density at radius 2 is 1.70 bits per heavy atom. The molecule has 0 unspecified atom stereocenters. The minimum Gasteiger partial charge on any atom is -0.491 e. The first-order valence-electron chi connectivity index (χ1n) is 9.42. The van der Waals surface area contributed by atoms with Gasteiger partial charge in [-0.1, -0.05) is 65.7 Å². The Labute approximate surface area is 184 Å². The standard InChI is InChI=1S/C23H19Cl2NO4/c24-17-11-12-20(21(25)13-17)23-29-19(15-28-18-9-5-2-6-10-18)14-26(30-23)22(27)16-7-3-1-4-8-16/h1-13,19,23H,14-15H2/t19-,23-/m1/s1. The van der Waals surface area contributed by atoms with Crippen molar-refractivity contribution in [2.45, 2.75) is 12.4 Å². The zero-order valence-corrected chi connectivity index (χ0v) is 17.4. The number of hydrogen-bond acceptors (Lipinski definition) is 4. The molecule has 7 heteroatoms. The summed E-state index contributed by atoms with van der Waals surface area (Å²) in [5.74, 6) is 0.452. The summed E-state index contributed by atoms with van der Waals surface area (Å²) in [6.45, 7) is 0.454. The fourth-order valence-corrected chi connectivity index (χ4v) is 3.56. The van der Waals surface area contributed by atoms with E-state index in [1.165, 1.54) is 5.06 Å². The lowest BCUT2D eigenvalue weighted by atomic mass is 10.2. The van der Waals surface area contributed by atoms with Crippen molar-refractivity contribution in [1.29, 1.82) is 0 Å². The molecule has 0 aromatic heterocycles. The van der Waals surface area contributed by atoms with Gasteiger partial charge in [-0.15, -0.1) is 0 Å². The van der Waals surface area contributed by atoms with Crippen molar-refractivity contribution in [3.63, 3.8) is 0 Å². The van der Waals surface area contributed by atoms with E-state index in [-0.39, 0.29) is 19.1 Å². The molecule has 1 saturated heterocycles. The van der Waals surface area contributed by atoms with Crippen LogP contribution in [0.4, 0.5) is 0 Å². The van der Waals surface area contributed by atoms with Crippen molar-refractivity contribution in [1.82, 2.24) is 5.06 Å². The molecule has 0 radical (unpaired) electrons. The Kier molecular flexibility index (Phi) is 6.55. The number of rotatable bonds is 5. The summed E-state index contributed by atoms with van der Waals surface area (Å²) in [7, 11) is 0. The molecule has 2 atom stereocenters. The van der Waals surface area contributed by atoms with Gasteiger partial charge < -0.3 is 9.47 Å². The van der Waals surface area contributed by atoms with Crippen molar-refractivity contribution >= 4 is 29.1 Å². The molecule has 1 aliphatic heterocycles. The zero-order valence-electron chi connectivity index (χ0n) is 15.9. The molecular formula is C23H19Cl2NO4. The average Bonchev–Trinajstić information content (AvgIpc) is 2.78. The summed E-state index contributed by atoms with van der Waals surface area (Å²) < 4.78 is 11.9. The highest BCUT2D eigenvalue weighted by atomic mass is 35.5. The lowest BCUT2D eigenvalue weighted by molar-refractivity contribution is -0.325. The molecule has 0 saturated carbocycles. The third kappa shape index (κ3) is 4.94. The first-order valence-corrected chi connectivity index (χ1v) is 10.2. The van der Waals surface area contributed by atoms with Crippen molar-refractivity contribution in [2.24, 2.45) is 0 Å². The van der Waals surface area contributed by atoms with Crippen molar-refractivity contribution < 1.29 is 19.1 Å². The highest BCUT2D eigenvalue weighted by Gasteiger charge is 2.34. The molecule has 1 fully saturated rings. The van der Waals surface area contributed by atoms with Crippen LogP contribution < -0.4 is 4.74 Å². The van der Waals surface area contributed by atoms with E-state index in [0.29, 0.717) is 21.2 Å². The molecule has 1 amide bonds. The number of para-hydroxylation sites is 1. The molecule has 1 aliphatic rings. The first kappa shape index (κ1) is 20.7. The van der Waals surface area contributed by atoms with Gasteiger partial charge in [0.25, 0.3) is 5.91 Å². The van der Waals surface area contributed by atoms with Crippen LogP contribution in [0.2, 0.25) is 10.0 Å². The van der Waals surface area contributed by atoms with Crippen LogP contribution in [0.1, 0.15) is 22.2 Å². The van der Waals surface area contributed by atoms with Crippen molar-refractivity contribution in [3.8, 4) is 5.75 Å². The lowest BCUT2D eigenvalue weighted by Gasteiger charge is -2.37. The molecular weight excluding hydrogens is 425 g/mol. The summed E-state index contributed by atoms with van der Waals surface area (Å²) in [6.07, 6.45) is -1.30. The van der Waals surface area contributed by atoms with Gasteiger partial charge in [-0.05, 0) is 36.4 Å². The molecule has 0 aliphatic carbocycles. The Morgan fingerprint density at radius 3 is 2.40 bits per heavy atom. The van der Waals surface area contributed by atoms with Gasteiger partial charge >= 0.3 is 0 Å². The van der Waals surface area contributed by atoms with E-state index in [2.05, 4.69) is 0 Å². The van der Waals surface area contributed by atoms with E-state index in [1.807, 2.05) is 36.4 Å². The maximum Gasteiger partial charge on any atom is 0.277 e. The summed E-state index contributed by atoms with van der Waals surface area (Å²) >= 11 is 12.4. The van der Waals surface area contributed by atoms with Gasteiger partial charge in [-0.25, -0.2) is 9.90 Å². The molecule has 5 nitrogen and oxygen atoms in total. The molecule has 3 aromatic rings. The van der Waals surface area contributed by atoms with E-state index in [1.54, 1.807) is 42.5 Å². The Hall–Kier alpha value is -2.57. The van der Waals surface area contributed by atoms with Crippen LogP contribution in [0.15, 0.2) is 78.9 Å². The molecule has 0 bridgehead atoms. The molecule has 1 heterocycles. The van der Waals surface area contributed by atoms with Gasteiger partial charge in [0.2, 0.25) is 6.29 Å². The second-order valence-corrected chi connectivity index (χ2v) is 7.56. The van der Waals surface area contributed by atoms with Gasteiger partial charge in [0, 0.05) is 16.1 Å². The third-order valence-corrected chi connectivity index (χ3v) is 5.11. The van der Waals surface area contributed by atoms with E-state index in [0.717, 1.165) is 5.75 Å². The van der Waals surface area contributed by atoms with E-state index < -0.39 is 12.4 Å². The zero-order chi connectivity index (χ0) is 20.9. The first-order chi connectivity index (χ1) is 14.6. The molecule has 4 rings (SSSR count). The summed E-state index contributed by atoms with van der Waals surface area (Å²) in [6, 6.07) is 23.4. The van der Waals surface area contributed by atoms with Crippen LogP contribution in [-0.2, 0) is 9.57 Å². The predicted octanol–water partition coefficient (Wildman–Crippen LogP) is 5.54. The second kappa shape index (κ2) is 9.49. The summed E-state index contributed by atoms with van der Waals surface area (Å²) in [5.41, 5.74) is 1.10. The Balaban J connectivity index is 1.56. The third-order valence-electron chi connectivity index (χ3n) is 4.55. The number of hydroxylamine groups is 2. The number of halogens is 2.